The van der Waals surface area contributed by atoms with Crippen LogP contribution in [0.25, 0.3) is 0 Å². The lowest BCUT2D eigenvalue weighted by atomic mass is 9.90. The smallest absolute Gasteiger partial charge is 0.150 e. The van der Waals surface area contributed by atoms with E-state index in [1.807, 2.05) is 12.1 Å². The first-order valence-corrected chi connectivity index (χ1v) is 8.31. The maximum atomic E-state index is 12.3. The van der Waals surface area contributed by atoms with E-state index in [-0.39, 0.29) is 23.7 Å². The molecule has 0 aromatic heterocycles. The van der Waals surface area contributed by atoms with Crippen LogP contribution < -0.4 is 5.73 Å². The van der Waals surface area contributed by atoms with Crippen molar-refractivity contribution in [3.63, 3.8) is 0 Å². The lowest BCUT2D eigenvalue weighted by Gasteiger charge is -2.14. The Hall–Kier alpha value is -1.36. The van der Waals surface area contributed by atoms with Crippen LogP contribution in [-0.2, 0) is 20.0 Å². The topological polar surface area (TPSA) is 77.2 Å². The van der Waals surface area contributed by atoms with Gasteiger partial charge in [-0.15, -0.1) is 0 Å². The van der Waals surface area contributed by atoms with Crippen molar-refractivity contribution >= 4 is 21.3 Å². The fourth-order valence-electron chi connectivity index (χ4n) is 2.29. The van der Waals surface area contributed by atoms with Gasteiger partial charge in [0.15, 0.2) is 0 Å². The summed E-state index contributed by atoms with van der Waals surface area (Å²) in [6.07, 6.45) is 1.73. The van der Waals surface area contributed by atoms with Crippen LogP contribution in [0.3, 0.4) is 0 Å². The third-order valence-corrected chi connectivity index (χ3v) is 5.53. The molecule has 5 heteroatoms. The zero-order valence-electron chi connectivity index (χ0n) is 11.1. The Morgan fingerprint density at radius 2 is 1.84 bits per heavy atom. The van der Waals surface area contributed by atoms with Gasteiger partial charge in [-0.3, -0.25) is 4.79 Å². The van der Waals surface area contributed by atoms with Gasteiger partial charge in [0.2, 0.25) is 0 Å². The first kappa shape index (κ1) is 14.1. The maximum absolute atomic E-state index is 12.3. The normalized spacial score (nSPS) is 17.1. The molecule has 1 aliphatic rings. The molecule has 0 unspecified atom stereocenters. The lowest BCUT2D eigenvalue weighted by molar-refractivity contribution is -0.121. The Morgan fingerprint density at radius 3 is 2.32 bits per heavy atom. The van der Waals surface area contributed by atoms with Gasteiger partial charge in [-0.2, -0.15) is 0 Å². The van der Waals surface area contributed by atoms with Crippen molar-refractivity contribution in [2.45, 2.75) is 31.6 Å². The predicted molar refractivity (Wildman–Crippen MR) is 75.7 cm³/mol. The Kier molecular flexibility index (Phi) is 3.67. The first-order valence-electron chi connectivity index (χ1n) is 6.49. The Labute approximate surface area is 113 Å². The molecule has 1 fully saturated rings. The Morgan fingerprint density at radius 1 is 1.26 bits per heavy atom. The molecule has 0 bridgehead atoms. The zero-order chi connectivity index (χ0) is 14.1. The second-order valence-corrected chi connectivity index (χ2v) is 7.59. The van der Waals surface area contributed by atoms with E-state index in [4.69, 9.17) is 5.73 Å². The first-order chi connectivity index (χ1) is 8.89. The molecule has 1 aromatic carbocycles. The SMILES string of the molecule is CCS(=O)(=O)CCC(=O)C1(c2ccc(N)cc2)CC1. The van der Waals surface area contributed by atoms with E-state index in [0.717, 1.165) is 18.4 Å². The number of hydrogen-bond acceptors (Lipinski definition) is 4. The highest BCUT2D eigenvalue weighted by Gasteiger charge is 2.50. The van der Waals surface area contributed by atoms with Crippen molar-refractivity contribution in [3.05, 3.63) is 29.8 Å². The van der Waals surface area contributed by atoms with Crippen LogP contribution in [0.1, 0.15) is 31.7 Å². The molecule has 1 aromatic rings. The standard InChI is InChI=1S/C14H19NO3S/c1-2-19(17,18)10-7-13(16)14(8-9-14)11-3-5-12(15)6-4-11/h3-6H,2,7-10,15H2,1H3. The van der Waals surface area contributed by atoms with Gasteiger partial charge in [-0.25, -0.2) is 8.42 Å². The van der Waals surface area contributed by atoms with Crippen molar-refractivity contribution in [3.8, 4) is 0 Å². The van der Waals surface area contributed by atoms with E-state index in [1.54, 1.807) is 19.1 Å². The van der Waals surface area contributed by atoms with E-state index in [9.17, 15) is 13.2 Å². The van der Waals surface area contributed by atoms with Gasteiger partial charge >= 0.3 is 0 Å². The van der Waals surface area contributed by atoms with Crippen molar-refractivity contribution < 1.29 is 13.2 Å². The third kappa shape index (κ3) is 2.97. The number of sulfone groups is 1. The fourth-order valence-corrected chi connectivity index (χ4v) is 3.07. The molecular formula is C14H19NO3S. The number of rotatable bonds is 6. The summed E-state index contributed by atoms with van der Waals surface area (Å²) in [6.45, 7) is 1.60. The highest BCUT2D eigenvalue weighted by atomic mass is 32.2. The van der Waals surface area contributed by atoms with Gasteiger partial charge in [0.1, 0.15) is 15.6 Å². The highest BCUT2D eigenvalue weighted by Crippen LogP contribution is 2.49. The number of nitrogens with two attached hydrogens (primary N) is 1. The molecule has 104 valence electrons. The highest BCUT2D eigenvalue weighted by molar-refractivity contribution is 7.91. The lowest BCUT2D eigenvalue weighted by Crippen LogP contribution is -2.23. The number of hydrogen-bond donors (Lipinski definition) is 1. The number of Topliss-reactive ketones (excluding diaryl/α,β-unsaturated/α-hetero) is 1. The van der Waals surface area contributed by atoms with Gasteiger partial charge in [0, 0.05) is 17.9 Å². The van der Waals surface area contributed by atoms with Gasteiger partial charge in [-0.05, 0) is 30.5 Å². The third-order valence-electron chi connectivity index (χ3n) is 3.83. The molecule has 0 atom stereocenters. The van der Waals surface area contributed by atoms with E-state index in [0.29, 0.717) is 5.69 Å². The number of carbonyl (C=O) groups is 1. The molecule has 0 heterocycles. The van der Waals surface area contributed by atoms with Crippen LogP contribution in [0.4, 0.5) is 5.69 Å². The van der Waals surface area contributed by atoms with Crippen molar-refractivity contribution in [2.75, 3.05) is 17.2 Å². The molecule has 0 saturated heterocycles. The Bertz CT molecular complexity index is 571. The summed E-state index contributed by atoms with van der Waals surface area (Å²) in [5.74, 6) is 0.0862. The molecule has 0 aliphatic heterocycles. The Balaban J connectivity index is 2.09. The zero-order valence-corrected chi connectivity index (χ0v) is 11.9. The van der Waals surface area contributed by atoms with Crippen molar-refractivity contribution in [1.82, 2.24) is 0 Å². The minimum Gasteiger partial charge on any atom is -0.399 e. The van der Waals surface area contributed by atoms with Gasteiger partial charge in [0.05, 0.1) is 11.2 Å². The summed E-state index contributed by atoms with van der Waals surface area (Å²) in [6, 6.07) is 7.31. The van der Waals surface area contributed by atoms with Gasteiger partial charge in [0.25, 0.3) is 0 Å². The number of nitrogen functional groups attached to an aromatic ring is 1. The summed E-state index contributed by atoms with van der Waals surface area (Å²) < 4.78 is 22.9. The predicted octanol–water partition coefficient (Wildman–Crippen LogP) is 1.69. The average molecular weight is 281 g/mol. The number of benzene rings is 1. The second-order valence-electron chi connectivity index (χ2n) is 5.11. The monoisotopic (exact) mass is 281 g/mol. The van der Waals surface area contributed by atoms with Gasteiger partial charge in [-0.1, -0.05) is 19.1 Å². The molecule has 1 saturated carbocycles. The summed E-state index contributed by atoms with van der Waals surface area (Å²) in [5.41, 5.74) is 6.81. The van der Waals surface area contributed by atoms with E-state index in [1.165, 1.54) is 0 Å². The molecule has 4 nitrogen and oxygen atoms in total. The molecule has 19 heavy (non-hydrogen) atoms. The maximum Gasteiger partial charge on any atom is 0.150 e. The second kappa shape index (κ2) is 4.96. The number of carbonyl (C=O) groups excluding carboxylic acids is 1. The summed E-state index contributed by atoms with van der Waals surface area (Å²) in [7, 11) is -3.08. The van der Waals surface area contributed by atoms with Crippen LogP contribution >= 0.6 is 0 Å². The molecule has 1 aliphatic carbocycles. The molecule has 2 N–H and O–H groups in total. The largest absolute Gasteiger partial charge is 0.399 e. The number of anilines is 1. The van der Waals surface area contributed by atoms with Crippen molar-refractivity contribution in [1.29, 1.82) is 0 Å². The van der Waals surface area contributed by atoms with Crippen LogP contribution in [0.2, 0.25) is 0 Å². The molecule has 0 spiro atoms. The van der Waals surface area contributed by atoms with Crippen molar-refractivity contribution in [2.24, 2.45) is 0 Å². The summed E-state index contributed by atoms with van der Waals surface area (Å²) in [4.78, 5) is 12.3. The molecule has 0 radical (unpaired) electrons. The van der Waals surface area contributed by atoms with Crippen LogP contribution in [0.5, 0.6) is 0 Å². The van der Waals surface area contributed by atoms with E-state index >= 15 is 0 Å². The molecular weight excluding hydrogens is 262 g/mol. The minimum absolute atomic E-state index is 0.0364. The quantitative estimate of drug-likeness (QED) is 0.805. The van der Waals surface area contributed by atoms with Crippen LogP contribution in [-0.4, -0.2) is 25.7 Å². The molecule has 2 rings (SSSR count). The van der Waals surface area contributed by atoms with Crippen LogP contribution in [0.15, 0.2) is 24.3 Å². The average Bonchev–Trinajstić information content (AvgIpc) is 3.18. The fraction of sp³-hybridized carbons (Fsp3) is 0.500. The number of ketones is 1. The summed E-state index contributed by atoms with van der Waals surface area (Å²) >= 11 is 0. The van der Waals surface area contributed by atoms with E-state index < -0.39 is 15.3 Å². The molecule has 0 amide bonds. The van der Waals surface area contributed by atoms with E-state index in [2.05, 4.69) is 0 Å². The summed E-state index contributed by atoms with van der Waals surface area (Å²) in [5, 5.41) is 0. The minimum atomic E-state index is -3.08. The van der Waals surface area contributed by atoms with Crippen LogP contribution in [0, 0.1) is 0 Å². The van der Waals surface area contributed by atoms with Gasteiger partial charge < -0.3 is 5.73 Å².